The molecule has 0 aliphatic rings. The van der Waals surface area contributed by atoms with Crippen LogP contribution in [0.15, 0.2) is 12.1 Å². The van der Waals surface area contributed by atoms with E-state index < -0.39 is 0 Å². The quantitative estimate of drug-likeness (QED) is 0.752. The lowest BCUT2D eigenvalue weighted by Gasteiger charge is -2.17. The topological polar surface area (TPSA) is 53.3 Å². The maximum atomic E-state index is 9.50. The second kappa shape index (κ2) is 4.09. The average molecular weight is 271 g/mol. The first kappa shape index (κ1) is 13.2. The van der Waals surface area contributed by atoms with Gasteiger partial charge in [0.1, 0.15) is 5.82 Å². The molecule has 0 saturated heterocycles. The van der Waals surface area contributed by atoms with E-state index in [1.807, 2.05) is 18.4 Å². The van der Waals surface area contributed by atoms with E-state index in [1.54, 1.807) is 0 Å². The van der Waals surface area contributed by atoms with E-state index in [4.69, 9.17) is 4.98 Å². The Labute approximate surface area is 118 Å². The molecule has 2 N–H and O–H groups in total. The maximum absolute atomic E-state index is 9.50. The van der Waals surface area contributed by atoms with E-state index in [1.165, 1.54) is 22.1 Å². The molecule has 3 aromatic rings. The van der Waals surface area contributed by atoms with E-state index >= 15 is 0 Å². The highest BCUT2D eigenvalue weighted by Crippen LogP contribution is 2.29. The summed E-state index contributed by atoms with van der Waals surface area (Å²) in [6.45, 7) is 10.4. The summed E-state index contributed by atoms with van der Waals surface area (Å²) in [5.41, 5.74) is 5.48. The minimum Gasteiger partial charge on any atom is -0.395 e. The van der Waals surface area contributed by atoms with Crippen LogP contribution in [0.1, 0.15) is 36.4 Å². The number of aliphatic hydroxyl groups is 1. The number of fused-ring (bicyclic) bond motifs is 3. The molecular weight excluding hydrogens is 250 g/mol. The molecule has 20 heavy (non-hydrogen) atoms. The number of benzene rings is 1. The standard InChI is InChI=1S/C16H21N3O/c1-9-6-12-11(3)14-17-15(16(4,5)8-20)18-19(14)13(12)7-10(9)2/h6-7,20H,8H2,1-5H3,(H,17,18). The lowest BCUT2D eigenvalue weighted by Crippen LogP contribution is -2.23. The van der Waals surface area contributed by atoms with Crippen molar-refractivity contribution in [1.82, 2.24) is 14.6 Å². The fraction of sp³-hybridized carbons (Fsp3) is 0.438. The van der Waals surface area contributed by atoms with E-state index in [0.717, 1.165) is 17.0 Å². The van der Waals surface area contributed by atoms with Crippen LogP contribution < -0.4 is 0 Å². The summed E-state index contributed by atoms with van der Waals surface area (Å²) in [5.74, 6) is 0.818. The normalized spacial score (nSPS) is 12.7. The van der Waals surface area contributed by atoms with Gasteiger partial charge in [-0.05, 0) is 44.0 Å². The van der Waals surface area contributed by atoms with Crippen LogP contribution in [0.2, 0.25) is 0 Å². The van der Waals surface area contributed by atoms with Crippen molar-refractivity contribution in [3.8, 4) is 0 Å². The highest BCUT2D eigenvalue weighted by atomic mass is 16.3. The lowest BCUT2D eigenvalue weighted by molar-refractivity contribution is 0.212. The SMILES string of the molecule is Cc1cc2c(C)c3nc(C(C)(C)CO)[nH]n3c2cc1C. The van der Waals surface area contributed by atoms with Crippen molar-refractivity contribution in [2.75, 3.05) is 6.61 Å². The van der Waals surface area contributed by atoms with E-state index in [2.05, 4.69) is 38.0 Å². The van der Waals surface area contributed by atoms with Crippen molar-refractivity contribution in [1.29, 1.82) is 0 Å². The molecule has 0 amide bonds. The van der Waals surface area contributed by atoms with Crippen LogP contribution in [0.3, 0.4) is 0 Å². The largest absolute Gasteiger partial charge is 0.395 e. The molecule has 0 aliphatic heterocycles. The second-order valence-corrected chi connectivity index (χ2v) is 6.35. The maximum Gasteiger partial charge on any atom is 0.157 e. The van der Waals surface area contributed by atoms with Crippen LogP contribution in [0.5, 0.6) is 0 Å². The Bertz CT molecular complexity index is 808. The van der Waals surface area contributed by atoms with Gasteiger partial charge >= 0.3 is 0 Å². The summed E-state index contributed by atoms with van der Waals surface area (Å²) in [4.78, 5) is 4.70. The molecule has 1 aromatic carbocycles. The molecule has 0 atom stereocenters. The summed E-state index contributed by atoms with van der Waals surface area (Å²) in [6.07, 6.45) is 0. The van der Waals surface area contributed by atoms with Crippen molar-refractivity contribution >= 4 is 16.6 Å². The second-order valence-electron chi connectivity index (χ2n) is 6.35. The number of aromatic nitrogens is 3. The third-order valence-corrected chi connectivity index (χ3v) is 4.28. The molecule has 0 saturated carbocycles. The number of aliphatic hydroxyl groups excluding tert-OH is 1. The van der Waals surface area contributed by atoms with Crippen LogP contribution >= 0.6 is 0 Å². The summed E-state index contributed by atoms with van der Waals surface area (Å²) in [5, 5.41) is 14.1. The van der Waals surface area contributed by atoms with Gasteiger partial charge in [0.05, 0.1) is 12.1 Å². The third-order valence-electron chi connectivity index (χ3n) is 4.28. The van der Waals surface area contributed by atoms with E-state index in [-0.39, 0.29) is 12.0 Å². The first-order chi connectivity index (χ1) is 9.35. The molecule has 4 nitrogen and oxygen atoms in total. The third kappa shape index (κ3) is 1.68. The van der Waals surface area contributed by atoms with Crippen LogP contribution in [0.25, 0.3) is 16.6 Å². The summed E-state index contributed by atoms with van der Waals surface area (Å²) >= 11 is 0. The average Bonchev–Trinajstić information content (AvgIpc) is 2.94. The zero-order chi connectivity index (χ0) is 14.7. The molecule has 106 valence electrons. The molecular formula is C16H21N3O. The smallest absolute Gasteiger partial charge is 0.157 e. The number of aromatic amines is 1. The number of rotatable bonds is 2. The van der Waals surface area contributed by atoms with Crippen molar-refractivity contribution < 1.29 is 5.11 Å². The Morgan fingerprint density at radius 3 is 2.50 bits per heavy atom. The fourth-order valence-electron chi connectivity index (χ4n) is 2.55. The van der Waals surface area contributed by atoms with Crippen molar-refractivity contribution in [2.24, 2.45) is 0 Å². The summed E-state index contributed by atoms with van der Waals surface area (Å²) < 4.78 is 2.03. The molecule has 3 rings (SSSR count). The van der Waals surface area contributed by atoms with Crippen LogP contribution in [0, 0.1) is 20.8 Å². The van der Waals surface area contributed by atoms with Gasteiger partial charge in [-0.15, -0.1) is 0 Å². The van der Waals surface area contributed by atoms with E-state index in [9.17, 15) is 5.11 Å². The van der Waals surface area contributed by atoms with Crippen LogP contribution in [0.4, 0.5) is 0 Å². The zero-order valence-electron chi connectivity index (χ0n) is 12.7. The summed E-state index contributed by atoms with van der Waals surface area (Å²) in [6, 6.07) is 4.41. The van der Waals surface area contributed by atoms with Gasteiger partial charge in [0.15, 0.2) is 5.65 Å². The number of hydrogen-bond donors (Lipinski definition) is 2. The molecule has 2 heterocycles. The molecule has 0 spiro atoms. The molecule has 0 fully saturated rings. The Balaban J connectivity index is 2.36. The molecule has 0 aliphatic carbocycles. The zero-order valence-corrected chi connectivity index (χ0v) is 12.7. The van der Waals surface area contributed by atoms with Gasteiger partial charge < -0.3 is 5.11 Å². The Morgan fingerprint density at radius 2 is 1.85 bits per heavy atom. The highest BCUT2D eigenvalue weighted by molar-refractivity contribution is 5.91. The van der Waals surface area contributed by atoms with Gasteiger partial charge in [-0.2, -0.15) is 0 Å². The number of aryl methyl sites for hydroxylation is 3. The minimum atomic E-state index is -0.364. The Morgan fingerprint density at radius 1 is 1.20 bits per heavy atom. The predicted molar refractivity (Wildman–Crippen MR) is 81.4 cm³/mol. The Kier molecular flexibility index (Phi) is 2.70. The fourth-order valence-corrected chi connectivity index (χ4v) is 2.55. The molecule has 4 heteroatoms. The lowest BCUT2D eigenvalue weighted by atomic mass is 9.94. The Hall–Kier alpha value is -1.81. The van der Waals surface area contributed by atoms with Gasteiger partial charge in [0.2, 0.25) is 0 Å². The van der Waals surface area contributed by atoms with Gasteiger partial charge in [-0.1, -0.05) is 13.8 Å². The number of nitrogens with one attached hydrogen (secondary N) is 1. The first-order valence-electron chi connectivity index (χ1n) is 6.94. The minimum absolute atomic E-state index is 0.0682. The van der Waals surface area contributed by atoms with Crippen molar-refractivity contribution in [2.45, 2.75) is 40.0 Å². The van der Waals surface area contributed by atoms with Gasteiger partial charge in [-0.25, -0.2) is 9.50 Å². The molecule has 0 radical (unpaired) electrons. The van der Waals surface area contributed by atoms with Crippen LogP contribution in [-0.4, -0.2) is 26.3 Å². The molecule has 0 bridgehead atoms. The van der Waals surface area contributed by atoms with Crippen LogP contribution in [-0.2, 0) is 5.41 Å². The van der Waals surface area contributed by atoms with Gasteiger partial charge in [0.25, 0.3) is 0 Å². The number of hydrogen-bond acceptors (Lipinski definition) is 2. The first-order valence-corrected chi connectivity index (χ1v) is 6.94. The molecule has 0 unspecified atom stereocenters. The summed E-state index contributed by atoms with van der Waals surface area (Å²) in [7, 11) is 0. The van der Waals surface area contributed by atoms with Gasteiger partial charge in [0, 0.05) is 16.4 Å². The van der Waals surface area contributed by atoms with Gasteiger partial charge in [-0.3, -0.25) is 5.10 Å². The van der Waals surface area contributed by atoms with Crippen molar-refractivity contribution in [3.63, 3.8) is 0 Å². The van der Waals surface area contributed by atoms with E-state index in [0.29, 0.717) is 0 Å². The predicted octanol–water partition coefficient (Wildman–Crippen LogP) is 3.01. The number of H-pyrrole nitrogens is 1. The van der Waals surface area contributed by atoms with Crippen molar-refractivity contribution in [3.05, 3.63) is 34.6 Å². The number of nitrogens with zero attached hydrogens (tertiary/aromatic N) is 2. The monoisotopic (exact) mass is 271 g/mol. The molecule has 2 aromatic heterocycles. The highest BCUT2D eigenvalue weighted by Gasteiger charge is 2.25.